The molecule has 0 spiro atoms. The van der Waals surface area contributed by atoms with Gasteiger partial charge in [0.05, 0.1) is 12.2 Å². The fourth-order valence-corrected chi connectivity index (χ4v) is 3.74. The number of carbonyl (C=O) groups excluding carboxylic acids is 1. The largest absolute Gasteiger partial charge is 0.444 e. The minimum Gasteiger partial charge on any atom is -0.444 e. The van der Waals surface area contributed by atoms with E-state index in [2.05, 4.69) is 34.1 Å². The predicted octanol–water partition coefficient (Wildman–Crippen LogP) is 4.89. The third-order valence-electron chi connectivity index (χ3n) is 5.35. The first kappa shape index (κ1) is 21.0. The summed E-state index contributed by atoms with van der Waals surface area (Å²) < 4.78 is 7.48. The molecule has 0 atom stereocenters. The highest BCUT2D eigenvalue weighted by atomic mass is 16.6. The molecule has 3 aromatic rings. The Morgan fingerprint density at radius 2 is 1.74 bits per heavy atom. The number of piperidine rings is 1. The monoisotopic (exact) mass is 419 g/mol. The maximum atomic E-state index is 12.3. The summed E-state index contributed by atoms with van der Waals surface area (Å²) in [4.78, 5) is 23.1. The first-order valence-electron chi connectivity index (χ1n) is 10.7. The predicted molar refractivity (Wildman–Crippen MR) is 120 cm³/mol. The lowest BCUT2D eigenvalue weighted by Gasteiger charge is -2.33. The number of benzene rings is 1. The van der Waals surface area contributed by atoms with Crippen LogP contribution in [-0.4, -0.2) is 49.4 Å². The quantitative estimate of drug-likeness (QED) is 0.604. The van der Waals surface area contributed by atoms with Gasteiger partial charge in [0.1, 0.15) is 5.60 Å². The molecule has 1 fully saturated rings. The standard InChI is InChI=1S/C24H29N5O2/c1-17-6-5-7-18(12-17)22-25-13-19(14-26-22)20-15-27-29(16-20)21-8-10-28(11-9-21)23(30)31-24(2,3)4/h5-7,12-16,21H,8-11H2,1-4H3. The van der Waals surface area contributed by atoms with Crippen molar-refractivity contribution in [2.24, 2.45) is 0 Å². The number of carbonyl (C=O) groups is 1. The van der Waals surface area contributed by atoms with Gasteiger partial charge in [-0.15, -0.1) is 0 Å². The van der Waals surface area contributed by atoms with E-state index < -0.39 is 5.60 Å². The van der Waals surface area contributed by atoms with Crippen molar-refractivity contribution < 1.29 is 9.53 Å². The van der Waals surface area contributed by atoms with Crippen molar-refractivity contribution >= 4 is 6.09 Å². The maximum Gasteiger partial charge on any atom is 0.410 e. The molecule has 162 valence electrons. The molecule has 31 heavy (non-hydrogen) atoms. The van der Waals surface area contributed by atoms with Gasteiger partial charge in [0.2, 0.25) is 0 Å². The Balaban J connectivity index is 1.39. The van der Waals surface area contributed by atoms with Gasteiger partial charge < -0.3 is 9.64 Å². The van der Waals surface area contributed by atoms with Crippen LogP contribution in [-0.2, 0) is 4.74 Å². The second-order valence-electron chi connectivity index (χ2n) is 9.07. The zero-order valence-corrected chi connectivity index (χ0v) is 18.6. The first-order chi connectivity index (χ1) is 14.8. The van der Waals surface area contributed by atoms with Crippen LogP contribution in [0.2, 0.25) is 0 Å². The van der Waals surface area contributed by atoms with E-state index in [0.29, 0.717) is 18.9 Å². The van der Waals surface area contributed by atoms with Crippen LogP contribution in [0, 0.1) is 6.92 Å². The molecule has 1 aromatic carbocycles. The normalized spacial score (nSPS) is 15.2. The average Bonchev–Trinajstić information content (AvgIpc) is 3.23. The third-order valence-corrected chi connectivity index (χ3v) is 5.35. The van der Waals surface area contributed by atoms with Gasteiger partial charge in [0, 0.05) is 48.4 Å². The molecular formula is C24H29N5O2. The molecule has 1 saturated heterocycles. The number of likely N-dealkylation sites (tertiary alicyclic amines) is 1. The Morgan fingerprint density at radius 1 is 1.03 bits per heavy atom. The van der Waals surface area contributed by atoms with Gasteiger partial charge >= 0.3 is 6.09 Å². The third kappa shape index (κ3) is 5.10. The van der Waals surface area contributed by atoms with Crippen molar-refractivity contribution in [3.8, 4) is 22.5 Å². The molecule has 1 amide bonds. The second-order valence-corrected chi connectivity index (χ2v) is 9.07. The Hall–Kier alpha value is -3.22. The molecule has 7 nitrogen and oxygen atoms in total. The van der Waals surface area contributed by atoms with Crippen molar-refractivity contribution in [3.05, 3.63) is 54.6 Å². The van der Waals surface area contributed by atoms with Crippen LogP contribution in [0.15, 0.2) is 49.1 Å². The lowest BCUT2D eigenvalue weighted by molar-refractivity contribution is 0.0185. The van der Waals surface area contributed by atoms with Crippen LogP contribution in [0.3, 0.4) is 0 Å². The van der Waals surface area contributed by atoms with Crippen LogP contribution in [0.25, 0.3) is 22.5 Å². The fraction of sp³-hybridized carbons (Fsp3) is 0.417. The van der Waals surface area contributed by atoms with E-state index in [1.165, 1.54) is 5.56 Å². The molecule has 0 aliphatic carbocycles. The molecule has 2 aromatic heterocycles. The number of hydrogen-bond acceptors (Lipinski definition) is 5. The molecule has 4 rings (SSSR count). The number of hydrogen-bond donors (Lipinski definition) is 0. The molecule has 1 aliphatic heterocycles. The van der Waals surface area contributed by atoms with Gasteiger partial charge in [-0.25, -0.2) is 14.8 Å². The summed E-state index contributed by atoms with van der Waals surface area (Å²) in [5.41, 5.74) is 3.66. The van der Waals surface area contributed by atoms with E-state index in [1.807, 2.05) is 62.4 Å². The van der Waals surface area contributed by atoms with Crippen LogP contribution in [0.1, 0.15) is 45.2 Å². The lowest BCUT2D eigenvalue weighted by atomic mass is 10.1. The Kier molecular flexibility index (Phi) is 5.76. The topological polar surface area (TPSA) is 73.1 Å². The zero-order chi connectivity index (χ0) is 22.0. The van der Waals surface area contributed by atoms with E-state index in [9.17, 15) is 4.79 Å². The van der Waals surface area contributed by atoms with Crippen molar-refractivity contribution in [2.75, 3.05) is 13.1 Å². The van der Waals surface area contributed by atoms with E-state index in [0.717, 1.165) is 29.5 Å². The second kappa shape index (κ2) is 8.49. The maximum absolute atomic E-state index is 12.3. The number of amides is 1. The highest BCUT2D eigenvalue weighted by Gasteiger charge is 2.27. The van der Waals surface area contributed by atoms with Crippen LogP contribution >= 0.6 is 0 Å². The highest BCUT2D eigenvalue weighted by molar-refractivity contribution is 5.68. The summed E-state index contributed by atoms with van der Waals surface area (Å²) in [7, 11) is 0. The molecule has 0 bridgehead atoms. The van der Waals surface area contributed by atoms with Gasteiger partial charge in [0.15, 0.2) is 5.82 Å². The van der Waals surface area contributed by atoms with E-state index in [4.69, 9.17) is 4.74 Å². The van der Waals surface area contributed by atoms with E-state index in [-0.39, 0.29) is 12.1 Å². The molecule has 7 heteroatoms. The minimum absolute atomic E-state index is 0.238. The summed E-state index contributed by atoms with van der Waals surface area (Å²) in [6.45, 7) is 9.07. The zero-order valence-electron chi connectivity index (χ0n) is 18.6. The van der Waals surface area contributed by atoms with Gasteiger partial charge in [0.25, 0.3) is 0 Å². The van der Waals surface area contributed by atoms with E-state index >= 15 is 0 Å². The van der Waals surface area contributed by atoms with Gasteiger partial charge in [-0.05, 0) is 46.6 Å². The number of aromatic nitrogens is 4. The summed E-state index contributed by atoms with van der Waals surface area (Å²) in [5.74, 6) is 0.717. The molecule has 1 aliphatic rings. The summed E-state index contributed by atoms with van der Waals surface area (Å²) >= 11 is 0. The van der Waals surface area contributed by atoms with Gasteiger partial charge in [-0.3, -0.25) is 4.68 Å². The Labute approximate surface area is 183 Å². The fourth-order valence-electron chi connectivity index (χ4n) is 3.74. The molecular weight excluding hydrogens is 390 g/mol. The van der Waals surface area contributed by atoms with Crippen molar-refractivity contribution in [1.29, 1.82) is 0 Å². The van der Waals surface area contributed by atoms with Gasteiger partial charge in [-0.2, -0.15) is 5.10 Å². The highest BCUT2D eigenvalue weighted by Crippen LogP contribution is 2.26. The number of nitrogens with zero attached hydrogens (tertiary/aromatic N) is 5. The molecule has 0 saturated carbocycles. The van der Waals surface area contributed by atoms with Crippen molar-refractivity contribution in [3.63, 3.8) is 0 Å². The molecule has 0 radical (unpaired) electrons. The smallest absolute Gasteiger partial charge is 0.410 e. The molecule has 0 unspecified atom stereocenters. The summed E-state index contributed by atoms with van der Waals surface area (Å²) in [6, 6.07) is 8.44. The van der Waals surface area contributed by atoms with Crippen LogP contribution < -0.4 is 0 Å². The molecule has 3 heterocycles. The number of aryl methyl sites for hydroxylation is 1. The lowest BCUT2D eigenvalue weighted by Crippen LogP contribution is -2.42. The average molecular weight is 420 g/mol. The first-order valence-corrected chi connectivity index (χ1v) is 10.7. The number of ether oxygens (including phenoxy) is 1. The summed E-state index contributed by atoms with van der Waals surface area (Å²) in [6.07, 6.45) is 9.04. The summed E-state index contributed by atoms with van der Waals surface area (Å²) in [5, 5.41) is 4.56. The molecule has 0 N–H and O–H groups in total. The van der Waals surface area contributed by atoms with E-state index in [1.54, 1.807) is 4.90 Å². The Morgan fingerprint density at radius 3 is 2.39 bits per heavy atom. The number of rotatable bonds is 3. The van der Waals surface area contributed by atoms with Crippen molar-refractivity contribution in [1.82, 2.24) is 24.6 Å². The SMILES string of the molecule is Cc1cccc(-c2ncc(-c3cnn(C4CCN(C(=O)OC(C)(C)C)CC4)c3)cn2)c1. The van der Waals surface area contributed by atoms with Gasteiger partial charge in [-0.1, -0.05) is 23.8 Å². The van der Waals surface area contributed by atoms with Crippen LogP contribution in [0.4, 0.5) is 4.79 Å². The van der Waals surface area contributed by atoms with Crippen LogP contribution in [0.5, 0.6) is 0 Å². The van der Waals surface area contributed by atoms with Crippen molar-refractivity contribution in [2.45, 2.75) is 52.2 Å². The minimum atomic E-state index is -0.470. The Bertz CT molecular complexity index is 1040.